The third-order valence-electron chi connectivity index (χ3n) is 6.58. The lowest BCUT2D eigenvalue weighted by Gasteiger charge is -2.32. The van der Waals surface area contributed by atoms with Crippen LogP contribution in [0.4, 0.5) is 0 Å². The molecule has 0 saturated carbocycles. The molecule has 2 amide bonds. The fourth-order valence-electron chi connectivity index (χ4n) is 4.74. The second-order valence-electron chi connectivity index (χ2n) is 8.70. The molecule has 1 unspecified atom stereocenters. The third kappa shape index (κ3) is 4.07. The highest BCUT2D eigenvalue weighted by Crippen LogP contribution is 2.24. The molecule has 0 spiro atoms. The Morgan fingerprint density at radius 3 is 2.56 bits per heavy atom. The molecule has 164 valence electrons. The first kappa shape index (κ1) is 20.5. The van der Waals surface area contributed by atoms with E-state index in [2.05, 4.69) is 44.7 Å². The number of benzene rings is 2. The number of aromatic nitrogens is 2. The molecule has 7 nitrogen and oxygen atoms in total. The van der Waals surface area contributed by atoms with Gasteiger partial charge in [-0.2, -0.15) is 0 Å². The lowest BCUT2D eigenvalue weighted by atomic mass is 9.96. The van der Waals surface area contributed by atoms with Crippen LogP contribution in [0.3, 0.4) is 0 Å². The summed E-state index contributed by atoms with van der Waals surface area (Å²) in [5.74, 6) is 1.42. The fourth-order valence-corrected chi connectivity index (χ4v) is 4.74. The number of para-hydroxylation sites is 4. The van der Waals surface area contributed by atoms with E-state index in [-0.39, 0.29) is 11.8 Å². The van der Waals surface area contributed by atoms with E-state index in [9.17, 15) is 9.59 Å². The molecule has 0 aliphatic carbocycles. The zero-order valence-electron chi connectivity index (χ0n) is 18.3. The lowest BCUT2D eigenvalue weighted by molar-refractivity contribution is -0.133. The maximum Gasteiger partial charge on any atom is 0.271 e. The van der Waals surface area contributed by atoms with Gasteiger partial charge in [0, 0.05) is 26.1 Å². The Balaban J connectivity index is 1.15. The summed E-state index contributed by atoms with van der Waals surface area (Å²) in [5.41, 5.74) is 2.21. The Bertz CT molecular complexity index is 1290. The molecular weight excluding hydrogens is 402 g/mol. The molecule has 0 bridgehead atoms. The van der Waals surface area contributed by atoms with Crippen molar-refractivity contribution in [2.75, 3.05) is 13.1 Å². The quantitative estimate of drug-likeness (QED) is 0.624. The summed E-state index contributed by atoms with van der Waals surface area (Å²) in [5, 5.41) is 1.34. The highest BCUT2D eigenvalue weighted by Gasteiger charge is 2.26. The van der Waals surface area contributed by atoms with Gasteiger partial charge in [0.2, 0.25) is 5.91 Å². The van der Waals surface area contributed by atoms with E-state index in [1.165, 1.54) is 5.52 Å². The van der Waals surface area contributed by atoms with Gasteiger partial charge in [0.15, 0.2) is 0 Å². The maximum atomic E-state index is 12.8. The number of nitrogens with zero attached hydrogens (tertiary/aromatic N) is 5. The van der Waals surface area contributed by atoms with Gasteiger partial charge in [0.25, 0.3) is 5.91 Å². The Morgan fingerprint density at radius 1 is 1.03 bits per heavy atom. The predicted molar refractivity (Wildman–Crippen MR) is 121 cm³/mol. The van der Waals surface area contributed by atoms with E-state index in [1.807, 2.05) is 29.2 Å². The summed E-state index contributed by atoms with van der Waals surface area (Å²) in [7, 11) is 0. The number of amides is 2. The van der Waals surface area contributed by atoms with Gasteiger partial charge in [-0.3, -0.25) is 14.6 Å². The molecule has 3 heterocycles. The zero-order valence-corrected chi connectivity index (χ0v) is 18.3. The van der Waals surface area contributed by atoms with Gasteiger partial charge in [0.1, 0.15) is 11.9 Å². The number of hydrogen-bond acceptors (Lipinski definition) is 4. The van der Waals surface area contributed by atoms with Crippen LogP contribution < -0.4 is 10.7 Å². The average molecular weight is 430 g/mol. The number of imidazole rings is 1. The maximum absolute atomic E-state index is 12.8. The summed E-state index contributed by atoms with van der Waals surface area (Å²) in [6.07, 6.45) is 2.70. The number of fused-ring (bicyclic) bond motifs is 2. The minimum atomic E-state index is -0.552. The van der Waals surface area contributed by atoms with Gasteiger partial charge in [-0.15, -0.1) is 0 Å². The second-order valence-corrected chi connectivity index (χ2v) is 8.70. The number of carbonyl (C=O) groups is 2. The number of rotatable bonds is 5. The smallest absolute Gasteiger partial charge is 0.271 e. The van der Waals surface area contributed by atoms with Crippen molar-refractivity contribution in [1.82, 2.24) is 14.5 Å². The number of hydrogen-bond donors (Lipinski definition) is 0. The zero-order chi connectivity index (χ0) is 22.1. The van der Waals surface area contributed by atoms with Crippen molar-refractivity contribution in [3.05, 3.63) is 65.1 Å². The average Bonchev–Trinajstić information content (AvgIpc) is 3.13. The molecule has 2 aliphatic rings. The van der Waals surface area contributed by atoms with E-state index in [0.717, 1.165) is 49.2 Å². The molecule has 5 rings (SSSR count). The van der Waals surface area contributed by atoms with Crippen molar-refractivity contribution in [3.8, 4) is 0 Å². The standard InChI is InChI=1S/C25H27N5O2/c1-17-26-21-8-4-5-9-23(21)30(17)16-18-12-14-29(15-13-18)24(31)11-10-22-25(32)28-20-7-3-2-6-19(20)27-22/h2-9,18,22H,10-16H2,1H3. The van der Waals surface area contributed by atoms with E-state index in [4.69, 9.17) is 0 Å². The summed E-state index contributed by atoms with van der Waals surface area (Å²) in [4.78, 5) is 40.3. The molecule has 2 aromatic carbocycles. The van der Waals surface area contributed by atoms with E-state index >= 15 is 0 Å². The highest BCUT2D eigenvalue weighted by atomic mass is 16.2. The molecule has 1 saturated heterocycles. The van der Waals surface area contributed by atoms with Crippen molar-refractivity contribution in [2.45, 2.75) is 45.2 Å². The fraction of sp³-hybridized carbons (Fsp3) is 0.400. The van der Waals surface area contributed by atoms with E-state index < -0.39 is 6.04 Å². The van der Waals surface area contributed by atoms with Crippen molar-refractivity contribution in [3.63, 3.8) is 0 Å². The molecule has 32 heavy (non-hydrogen) atoms. The normalized spacial score (nSPS) is 18.8. The molecule has 7 heteroatoms. The van der Waals surface area contributed by atoms with Gasteiger partial charge in [-0.25, -0.2) is 9.98 Å². The molecule has 0 radical (unpaired) electrons. The van der Waals surface area contributed by atoms with Crippen LogP contribution >= 0.6 is 0 Å². The summed E-state index contributed by atoms with van der Waals surface area (Å²) < 4.78 is 2.30. The van der Waals surface area contributed by atoms with Gasteiger partial charge < -0.3 is 9.47 Å². The van der Waals surface area contributed by atoms with E-state index in [0.29, 0.717) is 24.1 Å². The lowest BCUT2D eigenvalue weighted by Crippen LogP contribution is -2.40. The van der Waals surface area contributed by atoms with Crippen molar-refractivity contribution in [1.29, 1.82) is 0 Å². The van der Waals surface area contributed by atoms with Crippen LogP contribution in [0.1, 0.15) is 31.5 Å². The second kappa shape index (κ2) is 8.65. The van der Waals surface area contributed by atoms with Crippen LogP contribution in [0.2, 0.25) is 0 Å². The van der Waals surface area contributed by atoms with Crippen LogP contribution in [0.25, 0.3) is 11.0 Å². The van der Waals surface area contributed by atoms with Gasteiger partial charge >= 0.3 is 0 Å². The minimum Gasteiger partial charge on any atom is -0.343 e. The first-order valence-electron chi connectivity index (χ1n) is 11.3. The van der Waals surface area contributed by atoms with Crippen molar-refractivity contribution >= 4 is 22.8 Å². The third-order valence-corrected chi connectivity index (χ3v) is 6.58. The van der Waals surface area contributed by atoms with Gasteiger partial charge in [-0.05, 0) is 56.4 Å². The first-order chi connectivity index (χ1) is 15.6. The van der Waals surface area contributed by atoms with Crippen LogP contribution in [0.5, 0.6) is 0 Å². The number of likely N-dealkylation sites (tertiary alicyclic amines) is 1. The molecule has 1 aromatic heterocycles. The highest BCUT2D eigenvalue weighted by molar-refractivity contribution is 5.84. The predicted octanol–water partition coefficient (Wildman–Crippen LogP) is 2.21. The Labute approximate surface area is 186 Å². The number of carbonyl (C=O) groups excluding carboxylic acids is 2. The molecule has 0 N–H and O–H groups in total. The Hall–Kier alpha value is -3.35. The topological polar surface area (TPSA) is 79.9 Å². The van der Waals surface area contributed by atoms with Gasteiger partial charge in [0.05, 0.1) is 21.7 Å². The molecule has 1 atom stereocenters. The number of piperidine rings is 1. The van der Waals surface area contributed by atoms with Crippen LogP contribution in [-0.2, 0) is 16.1 Å². The molecule has 1 fully saturated rings. The molecule has 2 aliphatic heterocycles. The largest absolute Gasteiger partial charge is 0.343 e. The first-order valence-corrected chi connectivity index (χ1v) is 11.3. The van der Waals surface area contributed by atoms with Crippen LogP contribution in [0, 0.1) is 12.8 Å². The van der Waals surface area contributed by atoms with Crippen LogP contribution in [-0.4, -0.2) is 45.4 Å². The summed E-state index contributed by atoms with van der Waals surface area (Å²) in [6, 6.07) is 15.1. The number of aryl methyl sites for hydroxylation is 1. The minimum absolute atomic E-state index is 0.106. The van der Waals surface area contributed by atoms with E-state index in [1.54, 1.807) is 6.07 Å². The summed E-state index contributed by atoms with van der Waals surface area (Å²) >= 11 is 0. The SMILES string of the molecule is Cc1nc2ccccc2n1CC1CCN(C(=O)CCC2N=c3ccccc3=NC2=O)CC1. The Morgan fingerprint density at radius 2 is 1.75 bits per heavy atom. The molecule has 3 aromatic rings. The van der Waals surface area contributed by atoms with Crippen molar-refractivity contribution < 1.29 is 9.59 Å². The Kier molecular flexibility index (Phi) is 5.55. The van der Waals surface area contributed by atoms with Crippen molar-refractivity contribution in [2.24, 2.45) is 15.9 Å². The van der Waals surface area contributed by atoms with Crippen LogP contribution in [0.15, 0.2) is 58.5 Å². The monoisotopic (exact) mass is 429 g/mol. The molecular formula is C25H27N5O2. The van der Waals surface area contributed by atoms with Gasteiger partial charge in [-0.1, -0.05) is 24.3 Å². The summed E-state index contributed by atoms with van der Waals surface area (Å²) in [6.45, 7) is 4.52.